The Labute approximate surface area is 88.1 Å². The van der Waals surface area contributed by atoms with E-state index in [2.05, 4.69) is 10.1 Å². The molecule has 82 valence electrons. The minimum atomic E-state index is -0.294. The fourth-order valence-electron chi connectivity index (χ4n) is 1.78. The standard InChI is InChI=1S/C9H15N5O/c1-7(14-6-11-5-12-14)9(15)13-3-2-8(10)4-13/h5-8H,2-4,10H2,1H3. The Hall–Kier alpha value is -1.43. The van der Waals surface area contributed by atoms with Gasteiger partial charge in [-0.05, 0) is 13.3 Å². The normalized spacial score (nSPS) is 23.1. The van der Waals surface area contributed by atoms with Crippen molar-refractivity contribution in [2.75, 3.05) is 13.1 Å². The number of nitrogens with zero attached hydrogens (tertiary/aromatic N) is 4. The van der Waals surface area contributed by atoms with Crippen LogP contribution in [0, 0.1) is 0 Å². The third-order valence-electron chi connectivity index (χ3n) is 2.73. The topological polar surface area (TPSA) is 77.0 Å². The molecule has 1 saturated heterocycles. The van der Waals surface area contributed by atoms with Crippen molar-refractivity contribution >= 4 is 5.91 Å². The van der Waals surface area contributed by atoms with Gasteiger partial charge in [0.25, 0.3) is 0 Å². The van der Waals surface area contributed by atoms with Gasteiger partial charge in [0.1, 0.15) is 18.7 Å². The van der Waals surface area contributed by atoms with Crippen molar-refractivity contribution < 1.29 is 4.79 Å². The summed E-state index contributed by atoms with van der Waals surface area (Å²) in [5, 5.41) is 3.95. The van der Waals surface area contributed by atoms with Gasteiger partial charge in [0.05, 0.1) is 0 Å². The molecule has 1 aliphatic heterocycles. The monoisotopic (exact) mass is 209 g/mol. The van der Waals surface area contributed by atoms with E-state index in [-0.39, 0.29) is 18.0 Å². The van der Waals surface area contributed by atoms with Crippen molar-refractivity contribution in [2.24, 2.45) is 5.73 Å². The molecular weight excluding hydrogens is 194 g/mol. The molecule has 0 spiro atoms. The summed E-state index contributed by atoms with van der Waals surface area (Å²) in [7, 11) is 0. The summed E-state index contributed by atoms with van der Waals surface area (Å²) < 4.78 is 1.56. The number of nitrogens with two attached hydrogens (primary N) is 1. The van der Waals surface area contributed by atoms with Crippen molar-refractivity contribution in [2.45, 2.75) is 25.4 Å². The highest BCUT2D eigenvalue weighted by atomic mass is 16.2. The number of carbonyl (C=O) groups is 1. The molecule has 0 aliphatic carbocycles. The lowest BCUT2D eigenvalue weighted by atomic mass is 10.3. The molecule has 2 rings (SSSR count). The smallest absolute Gasteiger partial charge is 0.247 e. The summed E-state index contributed by atoms with van der Waals surface area (Å²) in [4.78, 5) is 17.6. The maximum atomic E-state index is 12.0. The van der Waals surface area contributed by atoms with Gasteiger partial charge < -0.3 is 10.6 Å². The highest BCUT2D eigenvalue weighted by Gasteiger charge is 2.28. The van der Waals surface area contributed by atoms with E-state index in [4.69, 9.17) is 5.73 Å². The Kier molecular flexibility index (Phi) is 2.68. The molecule has 2 N–H and O–H groups in total. The minimum absolute atomic E-state index is 0.0634. The van der Waals surface area contributed by atoms with Gasteiger partial charge >= 0.3 is 0 Å². The largest absolute Gasteiger partial charge is 0.339 e. The summed E-state index contributed by atoms with van der Waals surface area (Å²) in [6.07, 6.45) is 3.87. The first kappa shape index (κ1) is 10.1. The summed E-state index contributed by atoms with van der Waals surface area (Å²) in [5.41, 5.74) is 5.75. The highest BCUT2D eigenvalue weighted by molar-refractivity contribution is 5.80. The Morgan fingerprint density at radius 1 is 1.67 bits per heavy atom. The predicted octanol–water partition coefficient (Wildman–Crippen LogP) is -0.601. The molecule has 1 fully saturated rings. The molecule has 0 saturated carbocycles. The Morgan fingerprint density at radius 2 is 2.47 bits per heavy atom. The second kappa shape index (κ2) is 3.98. The summed E-state index contributed by atoms with van der Waals surface area (Å²) in [5.74, 6) is 0.0634. The predicted molar refractivity (Wildman–Crippen MR) is 53.9 cm³/mol. The molecule has 1 aromatic rings. The van der Waals surface area contributed by atoms with Crippen LogP contribution in [0.5, 0.6) is 0 Å². The molecule has 2 unspecified atom stereocenters. The third kappa shape index (κ3) is 1.99. The molecule has 1 aromatic heterocycles. The van der Waals surface area contributed by atoms with Gasteiger partial charge in [-0.15, -0.1) is 0 Å². The van der Waals surface area contributed by atoms with E-state index in [1.54, 1.807) is 15.9 Å². The summed E-state index contributed by atoms with van der Waals surface area (Å²) in [6, 6.07) is -0.172. The molecule has 1 amide bonds. The molecule has 0 radical (unpaired) electrons. The zero-order valence-corrected chi connectivity index (χ0v) is 8.71. The van der Waals surface area contributed by atoms with Gasteiger partial charge in [0.2, 0.25) is 5.91 Å². The van der Waals surface area contributed by atoms with Crippen molar-refractivity contribution in [3.63, 3.8) is 0 Å². The van der Waals surface area contributed by atoms with Crippen molar-refractivity contribution in [1.29, 1.82) is 0 Å². The fraction of sp³-hybridized carbons (Fsp3) is 0.667. The molecule has 1 aliphatic rings. The second-order valence-corrected chi connectivity index (χ2v) is 3.88. The Bertz CT molecular complexity index is 336. The van der Waals surface area contributed by atoms with Gasteiger partial charge in [-0.25, -0.2) is 9.67 Å². The lowest BCUT2D eigenvalue weighted by Gasteiger charge is -2.20. The van der Waals surface area contributed by atoms with Crippen molar-refractivity contribution in [3.8, 4) is 0 Å². The quantitative estimate of drug-likeness (QED) is 0.705. The van der Waals surface area contributed by atoms with Gasteiger partial charge in [-0.2, -0.15) is 5.10 Å². The molecular formula is C9H15N5O. The lowest BCUT2D eigenvalue weighted by molar-refractivity contribution is -0.133. The summed E-state index contributed by atoms with van der Waals surface area (Å²) in [6.45, 7) is 3.22. The van der Waals surface area contributed by atoms with Crippen LogP contribution in [-0.2, 0) is 4.79 Å². The number of amides is 1. The molecule has 2 heterocycles. The molecule has 0 aromatic carbocycles. The van der Waals surface area contributed by atoms with Gasteiger partial charge in [-0.1, -0.05) is 0 Å². The highest BCUT2D eigenvalue weighted by Crippen LogP contribution is 2.13. The van der Waals surface area contributed by atoms with Crippen LogP contribution in [-0.4, -0.2) is 44.7 Å². The Balaban J connectivity index is 2.02. The number of hydrogen-bond donors (Lipinski definition) is 1. The molecule has 2 atom stereocenters. The van der Waals surface area contributed by atoms with Crippen LogP contribution >= 0.6 is 0 Å². The van der Waals surface area contributed by atoms with Crippen LogP contribution in [0.3, 0.4) is 0 Å². The number of rotatable bonds is 2. The average Bonchev–Trinajstić information content (AvgIpc) is 2.85. The molecule has 15 heavy (non-hydrogen) atoms. The Morgan fingerprint density at radius 3 is 3.00 bits per heavy atom. The van der Waals surface area contributed by atoms with E-state index in [9.17, 15) is 4.79 Å². The molecule has 6 heteroatoms. The zero-order valence-electron chi connectivity index (χ0n) is 8.71. The van der Waals surface area contributed by atoms with Crippen molar-refractivity contribution in [1.82, 2.24) is 19.7 Å². The first-order chi connectivity index (χ1) is 7.18. The van der Waals surface area contributed by atoms with E-state index in [0.717, 1.165) is 13.0 Å². The van der Waals surface area contributed by atoms with Crippen LogP contribution < -0.4 is 5.73 Å². The number of aromatic nitrogens is 3. The van der Waals surface area contributed by atoms with Crippen molar-refractivity contribution in [3.05, 3.63) is 12.7 Å². The molecule has 0 bridgehead atoms. The number of hydrogen-bond acceptors (Lipinski definition) is 4. The van der Waals surface area contributed by atoms with E-state index < -0.39 is 0 Å². The van der Waals surface area contributed by atoms with E-state index >= 15 is 0 Å². The second-order valence-electron chi connectivity index (χ2n) is 3.88. The third-order valence-corrected chi connectivity index (χ3v) is 2.73. The van der Waals surface area contributed by atoms with Crippen LogP contribution in [0.4, 0.5) is 0 Å². The van der Waals surface area contributed by atoms with Gasteiger partial charge in [-0.3, -0.25) is 4.79 Å². The van der Waals surface area contributed by atoms with Crippen LogP contribution in [0.2, 0.25) is 0 Å². The van der Waals surface area contributed by atoms with Crippen LogP contribution in [0.15, 0.2) is 12.7 Å². The maximum absolute atomic E-state index is 12.0. The van der Waals surface area contributed by atoms with E-state index in [1.807, 2.05) is 6.92 Å². The number of carbonyl (C=O) groups excluding carboxylic acids is 1. The molecule has 6 nitrogen and oxygen atoms in total. The number of likely N-dealkylation sites (tertiary alicyclic amines) is 1. The first-order valence-corrected chi connectivity index (χ1v) is 5.07. The first-order valence-electron chi connectivity index (χ1n) is 5.07. The fourth-order valence-corrected chi connectivity index (χ4v) is 1.78. The maximum Gasteiger partial charge on any atom is 0.247 e. The minimum Gasteiger partial charge on any atom is -0.339 e. The van der Waals surface area contributed by atoms with Gasteiger partial charge in [0, 0.05) is 19.1 Å². The van der Waals surface area contributed by atoms with Crippen LogP contribution in [0.1, 0.15) is 19.4 Å². The average molecular weight is 209 g/mol. The van der Waals surface area contributed by atoms with E-state index in [1.165, 1.54) is 6.33 Å². The van der Waals surface area contributed by atoms with Crippen LogP contribution in [0.25, 0.3) is 0 Å². The summed E-state index contributed by atoms with van der Waals surface area (Å²) >= 11 is 0. The SMILES string of the molecule is CC(C(=O)N1CCC(N)C1)n1cncn1. The van der Waals surface area contributed by atoms with Gasteiger partial charge in [0.15, 0.2) is 0 Å². The lowest BCUT2D eigenvalue weighted by Crippen LogP contribution is -2.36. The van der Waals surface area contributed by atoms with E-state index in [0.29, 0.717) is 6.54 Å². The zero-order chi connectivity index (χ0) is 10.8.